The van der Waals surface area contributed by atoms with Crippen molar-refractivity contribution < 1.29 is 0 Å². The second-order valence-corrected chi connectivity index (χ2v) is 13.5. The van der Waals surface area contributed by atoms with Crippen molar-refractivity contribution in [1.82, 2.24) is 0 Å². The molecule has 1 aliphatic rings. The van der Waals surface area contributed by atoms with Gasteiger partial charge in [0.1, 0.15) is 0 Å². The summed E-state index contributed by atoms with van der Waals surface area (Å²) in [5, 5.41) is 7.71. The minimum Gasteiger partial charge on any atom is -0.0984 e. The van der Waals surface area contributed by atoms with Gasteiger partial charge in [-0.2, -0.15) is 0 Å². The maximum atomic E-state index is 4.26. The Morgan fingerprint density at radius 2 is 1.16 bits per heavy atom. The lowest BCUT2D eigenvalue weighted by atomic mass is 9.90. The summed E-state index contributed by atoms with van der Waals surface area (Å²) in [6.07, 6.45) is 8.57. The first-order valence-electron chi connectivity index (χ1n) is 15.4. The van der Waals surface area contributed by atoms with E-state index in [4.69, 9.17) is 0 Å². The molecule has 0 aliphatic carbocycles. The first-order valence-corrected chi connectivity index (χ1v) is 17.0. The molecule has 7 rings (SSSR count). The van der Waals surface area contributed by atoms with Crippen molar-refractivity contribution in [2.24, 2.45) is 0 Å². The Labute approximate surface area is 274 Å². The van der Waals surface area contributed by atoms with Crippen LogP contribution in [0.15, 0.2) is 166 Å². The maximum Gasteiger partial charge on any atom is 0.0337 e. The molecule has 0 nitrogen and oxygen atoms in total. The molecule has 0 aromatic heterocycles. The minimum absolute atomic E-state index is 1.17. The molecule has 0 radical (unpaired) electrons. The zero-order valence-electron chi connectivity index (χ0n) is 25.8. The van der Waals surface area contributed by atoms with Crippen molar-refractivity contribution in [2.45, 2.75) is 20.8 Å². The van der Waals surface area contributed by atoms with Crippen LogP contribution in [0.25, 0.3) is 60.1 Å². The monoisotopic (exact) mass is 614 g/mol. The Kier molecular flexibility index (Phi) is 8.10. The SMILES string of the molecule is C=C/C(=C1/SC(/C=C\C)=C(C)S/C1=C/C)c1cccc(-c2ccc3c4ccc(-c5ccccc5)cc4c4ccccc4c3c2)c1. The van der Waals surface area contributed by atoms with E-state index in [2.05, 4.69) is 161 Å². The molecule has 2 heteroatoms. The van der Waals surface area contributed by atoms with Crippen LogP contribution in [0.2, 0.25) is 0 Å². The van der Waals surface area contributed by atoms with Gasteiger partial charge < -0.3 is 0 Å². The smallest absolute Gasteiger partial charge is 0.0337 e. The summed E-state index contributed by atoms with van der Waals surface area (Å²) in [5.41, 5.74) is 7.25. The lowest BCUT2D eigenvalue weighted by molar-refractivity contribution is 1.56. The van der Waals surface area contributed by atoms with E-state index in [1.165, 1.54) is 85.3 Å². The molecule has 0 unspecified atom stereocenters. The average Bonchev–Trinajstić information content (AvgIpc) is 3.10. The summed E-state index contributed by atoms with van der Waals surface area (Å²) in [4.78, 5) is 5.17. The first kappa shape index (κ1) is 29.2. The van der Waals surface area contributed by atoms with Crippen molar-refractivity contribution >= 4 is 61.4 Å². The van der Waals surface area contributed by atoms with E-state index in [0.717, 1.165) is 0 Å². The fourth-order valence-corrected chi connectivity index (χ4v) is 8.74. The van der Waals surface area contributed by atoms with Gasteiger partial charge in [-0.1, -0.05) is 151 Å². The van der Waals surface area contributed by atoms with Crippen molar-refractivity contribution in [2.75, 3.05) is 0 Å². The third kappa shape index (κ3) is 5.39. The molecule has 6 aromatic rings. The predicted molar refractivity (Wildman–Crippen MR) is 203 cm³/mol. The van der Waals surface area contributed by atoms with Gasteiger partial charge in [0.2, 0.25) is 0 Å². The number of thioether (sulfide) groups is 2. The number of rotatable bonds is 5. The third-order valence-electron chi connectivity index (χ3n) is 8.53. The Morgan fingerprint density at radius 1 is 0.578 bits per heavy atom. The zero-order chi connectivity index (χ0) is 30.9. The lowest BCUT2D eigenvalue weighted by Gasteiger charge is -2.23. The fraction of sp³-hybridized carbons (Fsp3) is 0.0698. The first-order chi connectivity index (χ1) is 22.1. The number of benzene rings is 6. The second kappa shape index (κ2) is 12.5. The van der Waals surface area contributed by atoms with Crippen LogP contribution in [0.1, 0.15) is 26.3 Å². The molecule has 0 fully saturated rings. The molecule has 0 atom stereocenters. The molecule has 0 amide bonds. The maximum absolute atomic E-state index is 4.26. The van der Waals surface area contributed by atoms with Crippen LogP contribution in [-0.2, 0) is 0 Å². The largest absolute Gasteiger partial charge is 0.0984 e. The van der Waals surface area contributed by atoms with Crippen LogP contribution in [0.3, 0.4) is 0 Å². The zero-order valence-corrected chi connectivity index (χ0v) is 27.4. The molecule has 0 saturated heterocycles. The minimum atomic E-state index is 1.17. The van der Waals surface area contributed by atoms with E-state index in [1.54, 1.807) is 0 Å². The van der Waals surface area contributed by atoms with Gasteiger partial charge in [-0.3, -0.25) is 0 Å². The molecule has 0 N–H and O–H groups in total. The highest BCUT2D eigenvalue weighted by Gasteiger charge is 2.21. The van der Waals surface area contributed by atoms with Crippen molar-refractivity contribution in [3.05, 3.63) is 171 Å². The Balaban J connectivity index is 1.37. The van der Waals surface area contributed by atoms with Gasteiger partial charge in [0.05, 0.1) is 0 Å². The van der Waals surface area contributed by atoms with E-state index in [9.17, 15) is 0 Å². The van der Waals surface area contributed by atoms with E-state index in [0.29, 0.717) is 0 Å². The molecule has 1 aliphatic heterocycles. The molecule has 1 heterocycles. The van der Waals surface area contributed by atoms with E-state index < -0.39 is 0 Å². The van der Waals surface area contributed by atoms with Crippen LogP contribution in [0.4, 0.5) is 0 Å². The highest BCUT2D eigenvalue weighted by atomic mass is 32.2. The van der Waals surface area contributed by atoms with Crippen LogP contribution in [0, 0.1) is 0 Å². The van der Waals surface area contributed by atoms with Gasteiger partial charge in [-0.15, -0.1) is 0 Å². The summed E-state index contributed by atoms with van der Waals surface area (Å²) in [5.74, 6) is 0. The third-order valence-corrected chi connectivity index (χ3v) is 11.3. The van der Waals surface area contributed by atoms with Crippen LogP contribution in [0.5, 0.6) is 0 Å². The van der Waals surface area contributed by atoms with Crippen molar-refractivity contribution in [3.63, 3.8) is 0 Å². The number of allylic oxidation sites excluding steroid dienone is 6. The van der Waals surface area contributed by atoms with Crippen molar-refractivity contribution in [1.29, 1.82) is 0 Å². The highest BCUT2D eigenvalue weighted by molar-refractivity contribution is 8.15. The Bertz CT molecular complexity index is 2220. The molecular weight excluding hydrogens is 581 g/mol. The second-order valence-electron chi connectivity index (χ2n) is 11.2. The van der Waals surface area contributed by atoms with Crippen LogP contribution < -0.4 is 0 Å². The van der Waals surface area contributed by atoms with Gasteiger partial charge in [0, 0.05) is 19.6 Å². The summed E-state index contributed by atoms with van der Waals surface area (Å²) in [6.45, 7) is 10.7. The molecule has 0 saturated carbocycles. The molecule has 6 aromatic carbocycles. The topological polar surface area (TPSA) is 0 Å². The van der Waals surface area contributed by atoms with Gasteiger partial charge in [0.15, 0.2) is 0 Å². The Morgan fingerprint density at radius 3 is 1.78 bits per heavy atom. The van der Waals surface area contributed by atoms with Crippen LogP contribution in [-0.4, -0.2) is 0 Å². The fourth-order valence-electron chi connectivity index (χ4n) is 6.33. The highest BCUT2D eigenvalue weighted by Crippen LogP contribution is 2.51. The Hall–Kier alpha value is -4.50. The quantitative estimate of drug-likeness (QED) is 0.177. The van der Waals surface area contributed by atoms with Gasteiger partial charge in [0.25, 0.3) is 0 Å². The average molecular weight is 615 g/mol. The number of hydrogen-bond donors (Lipinski definition) is 0. The lowest BCUT2D eigenvalue weighted by Crippen LogP contribution is -1.96. The van der Waals surface area contributed by atoms with Gasteiger partial charge in [-0.25, -0.2) is 0 Å². The van der Waals surface area contributed by atoms with Gasteiger partial charge in [-0.05, 0) is 105 Å². The van der Waals surface area contributed by atoms with E-state index >= 15 is 0 Å². The van der Waals surface area contributed by atoms with E-state index in [-0.39, 0.29) is 0 Å². The summed E-state index contributed by atoms with van der Waals surface area (Å²) >= 11 is 3.69. The predicted octanol–water partition coefficient (Wildman–Crippen LogP) is 13.6. The number of fused-ring (bicyclic) bond motifs is 6. The molecule has 0 bridgehead atoms. The summed E-state index contributed by atoms with van der Waals surface area (Å²) in [7, 11) is 0. The summed E-state index contributed by atoms with van der Waals surface area (Å²) < 4.78 is 0. The molecule has 0 spiro atoms. The van der Waals surface area contributed by atoms with Crippen LogP contribution >= 0.6 is 23.5 Å². The molecule has 218 valence electrons. The van der Waals surface area contributed by atoms with Crippen molar-refractivity contribution in [3.8, 4) is 22.3 Å². The van der Waals surface area contributed by atoms with E-state index in [1.807, 2.05) is 29.6 Å². The standard InChI is InChI=1S/C43H34S2/c1-5-14-42-28(4)44-41(7-3)43(45-42)34(6-2)33-18-13-17-30(25-33)32-22-24-38-37-23-21-31(29-15-9-8-10-16-29)26-39(37)35-19-11-12-20-36(35)40(38)27-32/h5-27H,2H2,1,3-4H3/b14-5-,41-7+,43-34-. The number of hydrogen-bond acceptors (Lipinski definition) is 2. The molecule has 45 heavy (non-hydrogen) atoms. The molecular formula is C43H34S2. The van der Waals surface area contributed by atoms with Gasteiger partial charge >= 0.3 is 0 Å². The summed E-state index contributed by atoms with van der Waals surface area (Å²) in [6, 6.07) is 42.3. The normalized spacial score (nSPS) is 15.9.